The number of hydrogen-bond acceptors (Lipinski definition) is 11. The summed E-state index contributed by atoms with van der Waals surface area (Å²) in [4.78, 5) is 33.5. The topological polar surface area (TPSA) is 164 Å². The minimum absolute atomic E-state index is 0. The summed E-state index contributed by atoms with van der Waals surface area (Å²) in [5.74, 6) is -1.44. The van der Waals surface area contributed by atoms with Crippen LogP contribution < -0.4 is 15.1 Å². The number of aromatic nitrogens is 6. The molecule has 0 radical (unpaired) electrons. The number of nitrogens with one attached hydrogen (secondary N) is 1. The van der Waals surface area contributed by atoms with E-state index in [1.807, 2.05) is 63.5 Å². The van der Waals surface area contributed by atoms with Crippen LogP contribution in [0, 0.1) is 30.4 Å². The van der Waals surface area contributed by atoms with Gasteiger partial charge in [-0.1, -0.05) is 31.2 Å². The molecule has 1 N–H and O–H groups in total. The minimum atomic E-state index is -2.91. The van der Waals surface area contributed by atoms with Gasteiger partial charge >= 0.3 is 18.5 Å². The first-order valence-corrected chi connectivity index (χ1v) is 22.9. The predicted molar refractivity (Wildman–Crippen MR) is 254 cm³/mol. The van der Waals surface area contributed by atoms with Crippen molar-refractivity contribution < 1.29 is 57.8 Å². The molecule has 4 aromatic carbocycles. The van der Waals surface area contributed by atoms with Crippen LogP contribution in [0.5, 0.6) is 0 Å². The molecule has 0 atom stereocenters. The van der Waals surface area contributed by atoms with Crippen molar-refractivity contribution in [1.82, 2.24) is 45.3 Å². The molecule has 3 saturated heterocycles. The molecule has 7 aromatic rings. The molecule has 376 valence electrons. The van der Waals surface area contributed by atoms with Crippen LogP contribution in [0.25, 0.3) is 33.8 Å². The van der Waals surface area contributed by atoms with E-state index >= 15 is 8.78 Å². The van der Waals surface area contributed by atoms with Gasteiger partial charge in [0.2, 0.25) is 11.8 Å². The van der Waals surface area contributed by atoms with E-state index < -0.39 is 24.0 Å². The molecular weight excluding hydrogens is 966 g/mol. The Morgan fingerprint density at radius 3 is 1.92 bits per heavy atom. The number of anilines is 2. The summed E-state index contributed by atoms with van der Waals surface area (Å²) in [7, 11) is 3.74. The maximum absolute atomic E-state index is 15.1. The summed E-state index contributed by atoms with van der Waals surface area (Å²) >= 11 is 0. The number of nitrogens with zero attached hydrogens (tertiary/aromatic N) is 10. The smallest absolute Gasteiger partial charge is 0.324 e. The summed E-state index contributed by atoms with van der Waals surface area (Å²) in [6.07, 6.45) is 2.36. The average Bonchev–Trinajstić information content (AvgIpc) is 4.19. The predicted octanol–water partition coefficient (Wildman–Crippen LogP) is 9.36. The van der Waals surface area contributed by atoms with E-state index in [1.165, 1.54) is 23.1 Å². The molecule has 0 bridgehead atoms. The van der Waals surface area contributed by atoms with Crippen molar-refractivity contribution in [3.8, 4) is 22.9 Å². The van der Waals surface area contributed by atoms with E-state index in [0.717, 1.165) is 47.6 Å². The van der Waals surface area contributed by atoms with Crippen molar-refractivity contribution in [3.05, 3.63) is 132 Å². The molecule has 3 aromatic heterocycles. The second-order valence-corrected chi connectivity index (χ2v) is 17.4. The first kappa shape index (κ1) is 52.0. The number of carbonyl (C=O) groups excluding carboxylic acids is 2. The van der Waals surface area contributed by atoms with Crippen LogP contribution >= 0.6 is 0 Å². The first-order valence-electron chi connectivity index (χ1n) is 22.9. The Bertz CT molecular complexity index is 2930. The number of alkyl halides is 2. The fourth-order valence-electron chi connectivity index (χ4n) is 8.22. The Morgan fingerprint density at radius 1 is 0.803 bits per heavy atom. The van der Waals surface area contributed by atoms with Gasteiger partial charge in [0.15, 0.2) is 0 Å². The third-order valence-corrected chi connectivity index (χ3v) is 12.3. The second-order valence-electron chi connectivity index (χ2n) is 17.4. The standard InChI is InChI=1S/C24H24FN4O3.C23H21F3N6O2.C3H9N.Fe/c1-3-21-26-27-22(32-21)17-7-8-18(20(25)10-17)11-29(19-6-4-5-16(2)9-19)23(30)28-12-24(13-28)14-31-15-24;1-30-19-11-17(7-6-15(19)12-27-30)32(23(33)31-8-2-3-9-31)13-16-5-4-14(10-18(16)24)21-28-29-22(34-21)20(25)26;1-3-4-2;/h3-10H,11-15H2,1-2H3;4-7,10-12,20H,2-3,8-9,13H2,1H3;4H,3H2,1-2H3;/q-1;;;. The molecule has 3 aliphatic heterocycles. The molecule has 1 spiro atoms. The number of fused-ring (bicyclic) bond motifs is 1. The van der Waals surface area contributed by atoms with Crippen LogP contribution in [0.1, 0.15) is 61.6 Å². The quantitative estimate of drug-likeness (QED) is 0.0746. The Kier molecular flexibility index (Phi) is 16.8. The molecule has 10 rings (SSSR count). The fraction of sp³-hybridized carbons (Fsp3) is 0.360. The van der Waals surface area contributed by atoms with Crippen molar-refractivity contribution >= 4 is 34.3 Å². The number of likely N-dealkylation sites (tertiary alicyclic amines) is 2. The normalized spacial score (nSPS) is 14.5. The van der Waals surface area contributed by atoms with E-state index in [-0.39, 0.29) is 70.5 Å². The van der Waals surface area contributed by atoms with Gasteiger partial charge in [0.1, 0.15) is 11.6 Å². The van der Waals surface area contributed by atoms with Gasteiger partial charge in [0.05, 0.1) is 49.3 Å². The zero-order valence-corrected chi connectivity index (χ0v) is 41.0. The average molecular weight is 1020 g/mol. The van der Waals surface area contributed by atoms with E-state index in [2.05, 4.69) is 37.7 Å². The third-order valence-electron chi connectivity index (χ3n) is 12.3. The zero-order chi connectivity index (χ0) is 49.5. The molecule has 0 aliphatic carbocycles. The van der Waals surface area contributed by atoms with Crippen molar-refractivity contribution in [2.45, 2.75) is 53.1 Å². The van der Waals surface area contributed by atoms with Crippen LogP contribution in [-0.4, -0.2) is 105 Å². The van der Waals surface area contributed by atoms with E-state index in [0.29, 0.717) is 62.1 Å². The largest absolute Gasteiger partial charge is 0.452 e. The molecule has 0 unspecified atom stereocenters. The van der Waals surface area contributed by atoms with Gasteiger partial charge in [-0.2, -0.15) is 20.8 Å². The number of hydrogen-bond donors (Lipinski definition) is 1. The molecule has 6 heterocycles. The van der Waals surface area contributed by atoms with Gasteiger partial charge < -0.3 is 35.1 Å². The molecule has 3 aliphatic rings. The van der Waals surface area contributed by atoms with E-state index in [9.17, 15) is 18.4 Å². The molecule has 3 fully saturated rings. The number of aryl methyl sites for hydroxylation is 2. The zero-order valence-electron chi connectivity index (χ0n) is 39.9. The summed E-state index contributed by atoms with van der Waals surface area (Å²) in [5.41, 5.74) is 4.69. The number of halogens is 4. The second kappa shape index (κ2) is 23.0. The Morgan fingerprint density at radius 2 is 1.39 bits per heavy atom. The summed E-state index contributed by atoms with van der Waals surface area (Å²) < 4.78 is 73.0. The SMILES string of the molecule is CCNC.C[CH-]c1nnc(-c2ccc(CN(C(=O)N3CC4(COC4)C3)c3cccc(C)c3)c(F)c2)o1.Cn1ncc2ccc(N(Cc3ccc(-c4nnc(C(F)F)o4)cc3F)C(=O)N3CCCC3)cc21.[Fe]. The van der Waals surface area contributed by atoms with Crippen LogP contribution in [0.2, 0.25) is 0 Å². The molecule has 21 heteroatoms. The number of ether oxygens (including phenoxy) is 1. The first-order chi connectivity index (χ1) is 33.8. The van der Waals surface area contributed by atoms with Gasteiger partial charge in [-0.05, 0) is 93.5 Å². The van der Waals surface area contributed by atoms with Gasteiger partial charge in [0, 0.05) is 89.3 Å². The summed E-state index contributed by atoms with van der Waals surface area (Å²) in [6.45, 7) is 11.0. The number of amides is 4. The molecule has 0 saturated carbocycles. The fourth-order valence-corrected chi connectivity index (χ4v) is 8.22. The van der Waals surface area contributed by atoms with Crippen molar-refractivity contribution in [2.24, 2.45) is 12.5 Å². The van der Waals surface area contributed by atoms with Crippen molar-refractivity contribution in [2.75, 3.05) is 62.8 Å². The molecule has 16 nitrogen and oxygen atoms in total. The Labute approximate surface area is 418 Å². The Balaban J connectivity index is 0.000000192. The van der Waals surface area contributed by atoms with Gasteiger partial charge in [-0.15, -0.1) is 20.4 Å². The maximum Gasteiger partial charge on any atom is 0.324 e. The van der Waals surface area contributed by atoms with Gasteiger partial charge in [-0.3, -0.25) is 14.5 Å². The summed E-state index contributed by atoms with van der Waals surface area (Å²) in [5, 5.41) is 22.8. The molecule has 4 amide bonds. The molecular formula is C50H54F4FeN11O5-. The van der Waals surface area contributed by atoms with Crippen LogP contribution in [0.3, 0.4) is 0 Å². The van der Waals surface area contributed by atoms with Crippen LogP contribution in [0.15, 0.2) is 93.9 Å². The maximum atomic E-state index is 15.1. The number of rotatable bonds is 11. The van der Waals surface area contributed by atoms with Crippen molar-refractivity contribution in [3.63, 3.8) is 0 Å². The summed E-state index contributed by atoms with van der Waals surface area (Å²) in [6, 6.07) is 21.8. The molecule has 71 heavy (non-hydrogen) atoms. The number of urea groups is 2. The number of carbonyl (C=O) groups is 2. The van der Waals surface area contributed by atoms with Crippen LogP contribution in [0.4, 0.5) is 38.5 Å². The third kappa shape index (κ3) is 11.9. The Hall–Kier alpha value is -6.80. The van der Waals surface area contributed by atoms with Gasteiger partial charge in [0.25, 0.3) is 5.89 Å². The van der Waals surface area contributed by atoms with Crippen molar-refractivity contribution in [1.29, 1.82) is 0 Å². The van der Waals surface area contributed by atoms with Crippen LogP contribution in [-0.2, 0) is 41.9 Å². The van der Waals surface area contributed by atoms with Gasteiger partial charge in [-0.25, -0.2) is 18.4 Å². The monoisotopic (exact) mass is 1020 g/mol. The minimum Gasteiger partial charge on any atom is -0.452 e. The van der Waals surface area contributed by atoms with E-state index in [4.69, 9.17) is 13.6 Å². The van der Waals surface area contributed by atoms with E-state index in [1.54, 1.807) is 51.1 Å². The number of benzene rings is 4.